The van der Waals surface area contributed by atoms with Crippen molar-refractivity contribution < 1.29 is 18.7 Å². The summed E-state index contributed by atoms with van der Waals surface area (Å²) in [7, 11) is 0. The average molecular weight is 501 g/mol. The second-order valence-corrected chi connectivity index (χ2v) is 9.17. The van der Waals surface area contributed by atoms with Gasteiger partial charge in [-0.25, -0.2) is 9.18 Å². The minimum absolute atomic E-state index is 0.198. The van der Waals surface area contributed by atoms with E-state index >= 15 is 4.39 Å². The molecule has 190 valence electrons. The van der Waals surface area contributed by atoms with E-state index in [1.807, 2.05) is 36.4 Å². The third-order valence-corrected chi connectivity index (χ3v) is 6.54. The summed E-state index contributed by atoms with van der Waals surface area (Å²) >= 11 is 0. The van der Waals surface area contributed by atoms with Crippen molar-refractivity contribution in [1.29, 1.82) is 0 Å². The van der Waals surface area contributed by atoms with E-state index in [2.05, 4.69) is 34.2 Å². The normalized spacial score (nSPS) is 16.5. The minimum Gasteiger partial charge on any atom is -0.442 e. The summed E-state index contributed by atoms with van der Waals surface area (Å²) in [5, 5.41) is 9.52. The van der Waals surface area contributed by atoms with E-state index < -0.39 is 18.0 Å². The number of halogens is 1. The van der Waals surface area contributed by atoms with Crippen molar-refractivity contribution in [3.05, 3.63) is 89.8 Å². The van der Waals surface area contributed by atoms with Crippen LogP contribution in [0.25, 0.3) is 16.7 Å². The van der Waals surface area contributed by atoms with Crippen molar-refractivity contribution >= 4 is 28.9 Å². The Morgan fingerprint density at radius 3 is 2.68 bits per heavy atom. The fourth-order valence-electron chi connectivity index (χ4n) is 4.62. The molecule has 0 saturated carbocycles. The summed E-state index contributed by atoms with van der Waals surface area (Å²) in [5.74, 6) is -0.616. The van der Waals surface area contributed by atoms with Crippen molar-refractivity contribution in [2.45, 2.75) is 19.6 Å². The van der Waals surface area contributed by atoms with Crippen LogP contribution < -0.4 is 20.9 Å². The molecule has 1 saturated heterocycles. The molecule has 0 aromatic heterocycles. The number of carbonyl (C=O) groups is 2. The molecule has 2 amide bonds. The first-order chi connectivity index (χ1) is 18.0. The highest BCUT2D eigenvalue weighted by atomic mass is 19.1. The van der Waals surface area contributed by atoms with Crippen LogP contribution in [-0.4, -0.2) is 44.3 Å². The van der Waals surface area contributed by atoms with E-state index in [0.29, 0.717) is 17.8 Å². The number of para-hydroxylation sites is 1. The molecular formula is C29H29FN4O3. The van der Waals surface area contributed by atoms with E-state index in [1.165, 1.54) is 29.0 Å². The lowest BCUT2D eigenvalue weighted by molar-refractivity contribution is -0.119. The molecule has 0 radical (unpaired) electrons. The number of anilines is 2. The topological polar surface area (TPSA) is 82.7 Å². The number of fused-ring (bicyclic) bond motifs is 1. The smallest absolute Gasteiger partial charge is 0.414 e. The van der Waals surface area contributed by atoms with Gasteiger partial charge in [-0.1, -0.05) is 48.5 Å². The molecule has 0 unspecified atom stereocenters. The van der Waals surface area contributed by atoms with Gasteiger partial charge < -0.3 is 20.7 Å². The lowest BCUT2D eigenvalue weighted by atomic mass is 10.00. The molecule has 2 aliphatic heterocycles. The zero-order chi connectivity index (χ0) is 25.8. The maximum atomic E-state index is 15.0. The number of hydrogen-bond acceptors (Lipinski definition) is 5. The molecular weight excluding hydrogens is 471 g/mol. The largest absolute Gasteiger partial charge is 0.442 e. The molecule has 0 spiro atoms. The van der Waals surface area contributed by atoms with Gasteiger partial charge in [0, 0.05) is 43.4 Å². The number of rotatable bonds is 8. The van der Waals surface area contributed by atoms with E-state index in [-0.39, 0.29) is 19.0 Å². The van der Waals surface area contributed by atoms with E-state index in [4.69, 9.17) is 4.74 Å². The fraction of sp³-hybridized carbons (Fsp3) is 0.241. The molecule has 5 rings (SSSR count). The Kier molecular flexibility index (Phi) is 7.18. The highest BCUT2D eigenvalue weighted by Gasteiger charge is 2.32. The Hall–Kier alpha value is -4.17. The SMILES string of the molecule is CC(=O)NC[C@H]1CN(c2ccc(-c3ccc(CNCC4=CCNc5ccccc54)cc3)c(F)c2)C(=O)O1. The highest BCUT2D eigenvalue weighted by molar-refractivity contribution is 5.90. The van der Waals surface area contributed by atoms with Crippen molar-refractivity contribution in [3.8, 4) is 11.1 Å². The van der Waals surface area contributed by atoms with Gasteiger partial charge >= 0.3 is 6.09 Å². The van der Waals surface area contributed by atoms with Crippen molar-refractivity contribution in [1.82, 2.24) is 10.6 Å². The molecule has 1 atom stereocenters. The number of nitrogens with one attached hydrogen (secondary N) is 3. The summed E-state index contributed by atoms with van der Waals surface area (Å²) in [5.41, 5.74) is 6.40. The van der Waals surface area contributed by atoms with Crippen LogP contribution in [0.15, 0.2) is 72.8 Å². The van der Waals surface area contributed by atoms with Crippen LogP contribution in [-0.2, 0) is 16.1 Å². The maximum absolute atomic E-state index is 15.0. The first-order valence-corrected chi connectivity index (χ1v) is 12.3. The zero-order valence-corrected chi connectivity index (χ0v) is 20.6. The molecule has 3 aromatic carbocycles. The number of nitrogens with zero attached hydrogens (tertiary/aromatic N) is 1. The number of carbonyl (C=O) groups excluding carboxylic acids is 2. The fourth-order valence-corrected chi connectivity index (χ4v) is 4.62. The van der Waals surface area contributed by atoms with Crippen LogP contribution in [0.5, 0.6) is 0 Å². The Labute approximate surface area is 215 Å². The van der Waals surface area contributed by atoms with E-state index in [0.717, 1.165) is 29.9 Å². The predicted molar refractivity (Wildman–Crippen MR) is 143 cm³/mol. The van der Waals surface area contributed by atoms with Crippen LogP contribution in [0.2, 0.25) is 0 Å². The van der Waals surface area contributed by atoms with Crippen LogP contribution in [0.3, 0.4) is 0 Å². The summed E-state index contributed by atoms with van der Waals surface area (Å²) < 4.78 is 20.3. The Morgan fingerprint density at radius 2 is 1.89 bits per heavy atom. The third kappa shape index (κ3) is 5.65. The first kappa shape index (κ1) is 24.5. The molecule has 1 fully saturated rings. The molecule has 2 aliphatic rings. The van der Waals surface area contributed by atoms with Gasteiger partial charge in [0.1, 0.15) is 11.9 Å². The number of benzene rings is 3. The standard InChI is InChI=1S/C29H29FN4O3/c1-19(35)33-17-24-18-34(29(36)37-24)23-10-11-25(27(30)14-23)21-8-6-20(7-9-21)15-31-16-22-12-13-32-28-5-3-2-4-26(22)28/h2-12,14,24,31-32H,13,15-18H2,1H3,(H,33,35)/t24-/m0/s1. The molecule has 0 bridgehead atoms. The summed E-state index contributed by atoms with van der Waals surface area (Å²) in [6.07, 6.45) is 1.18. The van der Waals surface area contributed by atoms with Crippen LogP contribution >= 0.6 is 0 Å². The maximum Gasteiger partial charge on any atom is 0.414 e. The lowest BCUT2D eigenvalue weighted by Crippen LogP contribution is -2.33. The highest BCUT2D eigenvalue weighted by Crippen LogP contribution is 2.30. The number of cyclic esters (lactones) is 1. The second kappa shape index (κ2) is 10.8. The van der Waals surface area contributed by atoms with Gasteiger partial charge in [0.25, 0.3) is 0 Å². The van der Waals surface area contributed by atoms with Gasteiger partial charge in [-0.05, 0) is 41.0 Å². The van der Waals surface area contributed by atoms with Gasteiger partial charge in [0.05, 0.1) is 18.8 Å². The summed E-state index contributed by atoms with van der Waals surface area (Å²) in [4.78, 5) is 24.7. The van der Waals surface area contributed by atoms with E-state index in [9.17, 15) is 9.59 Å². The molecule has 0 aliphatic carbocycles. The Balaban J connectivity index is 1.19. The monoisotopic (exact) mass is 500 g/mol. The number of hydrogen-bond donors (Lipinski definition) is 3. The Morgan fingerprint density at radius 1 is 1.08 bits per heavy atom. The van der Waals surface area contributed by atoms with Crippen LogP contribution in [0, 0.1) is 5.82 Å². The third-order valence-electron chi connectivity index (χ3n) is 6.54. The van der Waals surface area contributed by atoms with Crippen molar-refractivity contribution in [3.63, 3.8) is 0 Å². The van der Waals surface area contributed by atoms with Gasteiger partial charge in [-0.15, -0.1) is 0 Å². The Bertz CT molecular complexity index is 1340. The molecule has 37 heavy (non-hydrogen) atoms. The lowest BCUT2D eigenvalue weighted by Gasteiger charge is -2.19. The number of amides is 2. The van der Waals surface area contributed by atoms with Gasteiger partial charge in [-0.2, -0.15) is 0 Å². The van der Waals surface area contributed by atoms with Gasteiger partial charge in [-0.3, -0.25) is 9.69 Å². The average Bonchev–Trinajstić information content (AvgIpc) is 3.28. The zero-order valence-electron chi connectivity index (χ0n) is 20.6. The molecule has 8 heteroatoms. The molecule has 7 nitrogen and oxygen atoms in total. The molecule has 3 aromatic rings. The quantitative estimate of drug-likeness (QED) is 0.423. The van der Waals surface area contributed by atoms with Gasteiger partial charge in [0.15, 0.2) is 0 Å². The van der Waals surface area contributed by atoms with Crippen LogP contribution in [0.1, 0.15) is 18.1 Å². The van der Waals surface area contributed by atoms with E-state index in [1.54, 1.807) is 12.1 Å². The summed E-state index contributed by atoms with van der Waals surface area (Å²) in [6, 6.07) is 20.8. The summed E-state index contributed by atoms with van der Waals surface area (Å²) in [6.45, 7) is 4.16. The number of ether oxygens (including phenoxy) is 1. The van der Waals surface area contributed by atoms with Gasteiger partial charge in [0.2, 0.25) is 5.91 Å². The predicted octanol–water partition coefficient (Wildman–Crippen LogP) is 4.55. The molecule has 3 N–H and O–H groups in total. The molecule has 2 heterocycles. The van der Waals surface area contributed by atoms with Crippen molar-refractivity contribution in [2.24, 2.45) is 0 Å². The van der Waals surface area contributed by atoms with Crippen LogP contribution in [0.4, 0.5) is 20.6 Å². The second-order valence-electron chi connectivity index (χ2n) is 9.17. The van der Waals surface area contributed by atoms with Crippen molar-refractivity contribution in [2.75, 3.05) is 36.4 Å². The first-order valence-electron chi connectivity index (χ1n) is 12.3. The minimum atomic E-state index is -0.553.